The lowest BCUT2D eigenvalue weighted by molar-refractivity contribution is 0.273. The molecule has 0 atom stereocenters. The second-order valence-electron chi connectivity index (χ2n) is 6.38. The summed E-state index contributed by atoms with van der Waals surface area (Å²) in [7, 11) is 0. The Morgan fingerprint density at radius 2 is 1.67 bits per heavy atom. The van der Waals surface area contributed by atoms with Gasteiger partial charge in [0, 0.05) is 50.4 Å². The van der Waals surface area contributed by atoms with Crippen molar-refractivity contribution >= 4 is 47.9 Å². The summed E-state index contributed by atoms with van der Waals surface area (Å²) in [6.07, 6.45) is 2.03. The molecule has 1 saturated heterocycles. The van der Waals surface area contributed by atoms with Crippen LogP contribution in [0.2, 0.25) is 0 Å². The summed E-state index contributed by atoms with van der Waals surface area (Å²) in [5.74, 6) is 1.04. The Morgan fingerprint density at radius 1 is 0.926 bits per heavy atom. The molecule has 0 spiro atoms. The normalized spacial score (nSPS) is 14.6. The molecule has 4 rings (SSSR count). The lowest BCUT2D eigenvalue weighted by atomic mass is 10.1. The molecule has 0 N–H and O–H groups in total. The van der Waals surface area contributed by atoms with Crippen molar-refractivity contribution in [3.63, 3.8) is 0 Å². The van der Waals surface area contributed by atoms with Gasteiger partial charge in [-0.15, -0.1) is 35.0 Å². The van der Waals surface area contributed by atoms with E-state index in [2.05, 4.69) is 55.6 Å². The van der Waals surface area contributed by atoms with Gasteiger partial charge in [-0.2, -0.15) is 0 Å². The zero-order valence-corrected chi connectivity index (χ0v) is 17.8. The van der Waals surface area contributed by atoms with E-state index >= 15 is 0 Å². The number of rotatable bonds is 5. The number of hydrogen-bond acceptors (Lipinski definition) is 5. The molecule has 1 aliphatic rings. The average molecular weight is 426 g/mol. The number of anilines is 1. The number of piperazine rings is 1. The number of thioether (sulfide) groups is 1. The van der Waals surface area contributed by atoms with Crippen LogP contribution in [0.15, 0.2) is 53.8 Å². The number of hydrogen-bond donors (Lipinski definition) is 0. The van der Waals surface area contributed by atoms with E-state index in [1.54, 1.807) is 11.8 Å². The first-order valence-electron chi connectivity index (χ1n) is 8.77. The van der Waals surface area contributed by atoms with Crippen LogP contribution < -0.4 is 4.90 Å². The van der Waals surface area contributed by atoms with Crippen LogP contribution in [0.4, 0.5) is 5.69 Å². The van der Waals surface area contributed by atoms with Gasteiger partial charge in [0.05, 0.1) is 0 Å². The maximum absolute atomic E-state index is 4.29. The van der Waals surface area contributed by atoms with Crippen molar-refractivity contribution in [1.82, 2.24) is 19.5 Å². The van der Waals surface area contributed by atoms with E-state index in [9.17, 15) is 0 Å². The molecule has 2 aromatic heterocycles. The molecule has 1 aliphatic heterocycles. The van der Waals surface area contributed by atoms with E-state index < -0.39 is 0 Å². The monoisotopic (exact) mass is 425 g/mol. The van der Waals surface area contributed by atoms with E-state index in [1.807, 2.05) is 24.4 Å². The van der Waals surface area contributed by atoms with Gasteiger partial charge in [-0.1, -0.05) is 36.0 Å². The van der Waals surface area contributed by atoms with Crippen LogP contribution in [-0.4, -0.2) is 58.0 Å². The minimum atomic E-state index is 0. The predicted octanol–water partition coefficient (Wildman–Crippen LogP) is 3.80. The standard InChI is InChI=1S/C19H23N5S.2ClH/c1-16-6-2-3-7-17(16)23-12-10-22(11-13-23)14-15-25-19-21-20-18-8-4-5-9-24(18)19;;/h2-9H,10-15H2,1H3;2*1H. The highest BCUT2D eigenvalue weighted by atomic mass is 35.5. The van der Waals surface area contributed by atoms with Crippen molar-refractivity contribution in [1.29, 1.82) is 0 Å². The molecule has 0 saturated carbocycles. The number of pyridine rings is 1. The maximum atomic E-state index is 4.29. The molecule has 3 aromatic rings. The van der Waals surface area contributed by atoms with E-state index in [-0.39, 0.29) is 24.8 Å². The fourth-order valence-electron chi connectivity index (χ4n) is 3.31. The minimum absolute atomic E-state index is 0. The van der Waals surface area contributed by atoms with Crippen LogP contribution in [0.3, 0.4) is 0 Å². The number of benzene rings is 1. The number of halogens is 2. The zero-order chi connectivity index (χ0) is 17.1. The summed E-state index contributed by atoms with van der Waals surface area (Å²) < 4.78 is 2.06. The molecule has 0 aliphatic carbocycles. The fraction of sp³-hybridized carbons (Fsp3) is 0.368. The smallest absolute Gasteiger partial charge is 0.195 e. The van der Waals surface area contributed by atoms with Crippen LogP contribution in [-0.2, 0) is 0 Å². The van der Waals surface area contributed by atoms with Crippen molar-refractivity contribution < 1.29 is 0 Å². The molecular weight excluding hydrogens is 401 g/mol. The quantitative estimate of drug-likeness (QED) is 0.581. The van der Waals surface area contributed by atoms with Gasteiger partial charge in [0.2, 0.25) is 0 Å². The van der Waals surface area contributed by atoms with Gasteiger partial charge in [-0.25, -0.2) is 0 Å². The van der Waals surface area contributed by atoms with Gasteiger partial charge in [0.25, 0.3) is 0 Å². The average Bonchev–Trinajstić information content (AvgIpc) is 3.06. The lowest BCUT2D eigenvalue weighted by Gasteiger charge is -2.36. The highest BCUT2D eigenvalue weighted by Gasteiger charge is 2.18. The van der Waals surface area contributed by atoms with Gasteiger partial charge in [0.1, 0.15) is 0 Å². The molecule has 27 heavy (non-hydrogen) atoms. The van der Waals surface area contributed by atoms with Crippen molar-refractivity contribution in [3.05, 3.63) is 54.2 Å². The third-order valence-corrected chi connectivity index (χ3v) is 5.67. The Morgan fingerprint density at radius 3 is 2.44 bits per heavy atom. The third-order valence-electron chi connectivity index (χ3n) is 4.75. The molecule has 0 amide bonds. The Balaban J connectivity index is 0.00000131. The second-order valence-corrected chi connectivity index (χ2v) is 7.44. The first kappa shape index (κ1) is 21.8. The SMILES string of the molecule is Cc1ccccc1N1CCN(CCSc2nnc3ccccn23)CC1.Cl.Cl. The lowest BCUT2D eigenvalue weighted by Crippen LogP contribution is -2.47. The largest absolute Gasteiger partial charge is 0.369 e. The van der Waals surface area contributed by atoms with Gasteiger partial charge < -0.3 is 4.90 Å². The van der Waals surface area contributed by atoms with E-state index in [0.717, 1.165) is 49.3 Å². The summed E-state index contributed by atoms with van der Waals surface area (Å²) in [6, 6.07) is 14.7. The van der Waals surface area contributed by atoms with Crippen LogP contribution in [0.1, 0.15) is 5.56 Å². The van der Waals surface area contributed by atoms with E-state index in [4.69, 9.17) is 0 Å². The highest BCUT2D eigenvalue weighted by molar-refractivity contribution is 7.99. The molecule has 5 nitrogen and oxygen atoms in total. The Kier molecular flexibility index (Phi) is 8.23. The first-order valence-corrected chi connectivity index (χ1v) is 9.75. The van der Waals surface area contributed by atoms with Crippen molar-refractivity contribution in [2.75, 3.05) is 43.4 Å². The number of para-hydroxylation sites is 1. The molecule has 3 heterocycles. The summed E-state index contributed by atoms with van der Waals surface area (Å²) in [5.41, 5.74) is 3.66. The summed E-state index contributed by atoms with van der Waals surface area (Å²) in [6.45, 7) is 7.73. The summed E-state index contributed by atoms with van der Waals surface area (Å²) in [5, 5.41) is 9.48. The maximum Gasteiger partial charge on any atom is 0.195 e. The van der Waals surface area contributed by atoms with Crippen molar-refractivity contribution in [2.24, 2.45) is 0 Å². The first-order chi connectivity index (χ1) is 12.3. The summed E-state index contributed by atoms with van der Waals surface area (Å²) in [4.78, 5) is 5.05. The van der Waals surface area contributed by atoms with Gasteiger partial charge >= 0.3 is 0 Å². The van der Waals surface area contributed by atoms with Crippen LogP contribution in [0.25, 0.3) is 5.65 Å². The molecule has 0 bridgehead atoms. The molecule has 1 aromatic carbocycles. The molecule has 8 heteroatoms. The number of aromatic nitrogens is 3. The van der Waals surface area contributed by atoms with Gasteiger partial charge in [0.15, 0.2) is 10.8 Å². The molecule has 0 radical (unpaired) electrons. The van der Waals surface area contributed by atoms with Crippen LogP contribution in [0.5, 0.6) is 0 Å². The van der Waals surface area contributed by atoms with E-state index in [1.165, 1.54) is 11.3 Å². The number of aryl methyl sites for hydroxylation is 1. The highest BCUT2D eigenvalue weighted by Crippen LogP contribution is 2.21. The van der Waals surface area contributed by atoms with Crippen molar-refractivity contribution in [3.8, 4) is 0 Å². The molecular formula is C19H25Cl2N5S. The summed E-state index contributed by atoms with van der Waals surface area (Å²) >= 11 is 1.78. The minimum Gasteiger partial charge on any atom is -0.369 e. The predicted molar refractivity (Wildman–Crippen MR) is 118 cm³/mol. The van der Waals surface area contributed by atoms with Crippen LogP contribution >= 0.6 is 36.6 Å². The van der Waals surface area contributed by atoms with Gasteiger partial charge in [-0.05, 0) is 30.7 Å². The third kappa shape index (κ3) is 5.08. The van der Waals surface area contributed by atoms with Gasteiger partial charge in [-0.3, -0.25) is 9.30 Å². The fourth-order valence-corrected chi connectivity index (χ4v) is 4.24. The number of fused-ring (bicyclic) bond motifs is 1. The molecule has 1 fully saturated rings. The van der Waals surface area contributed by atoms with Crippen LogP contribution in [0, 0.1) is 6.92 Å². The van der Waals surface area contributed by atoms with E-state index in [0.29, 0.717) is 0 Å². The molecule has 0 unspecified atom stereocenters. The Bertz CT molecular complexity index is 849. The van der Waals surface area contributed by atoms with Crippen molar-refractivity contribution in [2.45, 2.75) is 12.1 Å². The Labute approximate surface area is 177 Å². The number of nitrogens with zero attached hydrogens (tertiary/aromatic N) is 5. The second kappa shape index (κ2) is 10.2. The molecule has 146 valence electrons. The topological polar surface area (TPSA) is 36.7 Å². The Hall–Kier alpha value is -1.47. The zero-order valence-electron chi connectivity index (χ0n) is 15.3.